The van der Waals surface area contributed by atoms with Crippen molar-refractivity contribution in [2.45, 2.75) is 44.4 Å². The third-order valence-electron chi connectivity index (χ3n) is 4.96. The molecule has 5 nitrogen and oxygen atoms in total. The third kappa shape index (κ3) is 3.51. The maximum atomic E-state index is 12.6. The molecule has 0 bridgehead atoms. The summed E-state index contributed by atoms with van der Waals surface area (Å²) in [6, 6.07) is 7.57. The summed E-state index contributed by atoms with van der Waals surface area (Å²) in [7, 11) is 2.15. The summed E-state index contributed by atoms with van der Waals surface area (Å²) in [6.45, 7) is 5.02. The highest BCUT2D eigenvalue weighted by Gasteiger charge is 2.40. The van der Waals surface area contributed by atoms with Gasteiger partial charge in [-0.05, 0) is 39.4 Å². The number of hydrogen-bond acceptors (Lipinski definition) is 4. The minimum atomic E-state index is -0.481. The van der Waals surface area contributed by atoms with E-state index in [1.807, 2.05) is 29.2 Å². The average molecular weight is 317 g/mol. The molecule has 23 heavy (non-hydrogen) atoms. The van der Waals surface area contributed by atoms with E-state index in [2.05, 4.69) is 11.9 Å². The van der Waals surface area contributed by atoms with Gasteiger partial charge in [-0.25, -0.2) is 0 Å². The van der Waals surface area contributed by atoms with Crippen LogP contribution in [0.4, 0.5) is 0 Å². The lowest BCUT2D eigenvalue weighted by atomic mass is 9.93. The molecule has 1 aromatic carbocycles. The third-order valence-corrected chi connectivity index (χ3v) is 4.96. The maximum absolute atomic E-state index is 12.6. The minimum absolute atomic E-state index is 0.00211. The van der Waals surface area contributed by atoms with Crippen molar-refractivity contribution in [3.63, 3.8) is 0 Å². The van der Waals surface area contributed by atoms with Gasteiger partial charge in [-0.3, -0.25) is 4.79 Å². The predicted octanol–water partition coefficient (Wildman–Crippen LogP) is 1.61. The van der Waals surface area contributed by atoms with Crippen molar-refractivity contribution in [2.75, 3.05) is 26.7 Å². The van der Waals surface area contributed by atoms with Crippen molar-refractivity contribution in [3.8, 4) is 5.75 Å². The molecular formula is C18H27N3O2. The van der Waals surface area contributed by atoms with Crippen molar-refractivity contribution in [3.05, 3.63) is 29.8 Å². The molecule has 1 saturated heterocycles. The van der Waals surface area contributed by atoms with Gasteiger partial charge >= 0.3 is 0 Å². The van der Waals surface area contributed by atoms with E-state index in [1.54, 1.807) is 6.92 Å². The zero-order chi connectivity index (χ0) is 16.4. The van der Waals surface area contributed by atoms with Crippen molar-refractivity contribution in [2.24, 2.45) is 5.73 Å². The molecule has 1 fully saturated rings. The molecule has 0 saturated carbocycles. The van der Waals surface area contributed by atoms with E-state index >= 15 is 0 Å². The lowest BCUT2D eigenvalue weighted by Crippen LogP contribution is -2.51. The molecule has 2 N–H and O–H groups in total. The van der Waals surface area contributed by atoms with Crippen molar-refractivity contribution in [1.29, 1.82) is 0 Å². The number of carbonyl (C=O) groups excluding carboxylic acids is 1. The SMILES string of the molecule is C[C@@H](N)C(=O)N1Cc2ccccc2O[C@]2(CCCN(C)CC2)C1. The Morgan fingerprint density at radius 2 is 2.09 bits per heavy atom. The number of carbonyl (C=O) groups is 1. The Morgan fingerprint density at radius 1 is 1.30 bits per heavy atom. The summed E-state index contributed by atoms with van der Waals surface area (Å²) < 4.78 is 6.51. The summed E-state index contributed by atoms with van der Waals surface area (Å²) in [6.07, 6.45) is 2.98. The summed E-state index contributed by atoms with van der Waals surface area (Å²) in [5.74, 6) is 0.916. The highest BCUT2D eigenvalue weighted by molar-refractivity contribution is 5.81. The van der Waals surface area contributed by atoms with Gasteiger partial charge in [0.25, 0.3) is 0 Å². The first-order chi connectivity index (χ1) is 11.0. The number of hydrogen-bond donors (Lipinski definition) is 1. The molecule has 2 atom stereocenters. The van der Waals surface area contributed by atoms with E-state index in [0.717, 1.165) is 43.7 Å². The number of fused-ring (bicyclic) bond motifs is 1. The van der Waals surface area contributed by atoms with Gasteiger partial charge in [0.1, 0.15) is 11.4 Å². The molecular weight excluding hydrogens is 290 g/mol. The fourth-order valence-electron chi connectivity index (χ4n) is 3.62. The first-order valence-electron chi connectivity index (χ1n) is 8.49. The van der Waals surface area contributed by atoms with Crippen LogP contribution in [-0.4, -0.2) is 54.0 Å². The molecule has 0 aliphatic carbocycles. The van der Waals surface area contributed by atoms with Gasteiger partial charge in [-0.1, -0.05) is 18.2 Å². The number of benzene rings is 1. The fourth-order valence-corrected chi connectivity index (χ4v) is 3.62. The number of rotatable bonds is 1. The van der Waals surface area contributed by atoms with Crippen molar-refractivity contribution < 1.29 is 9.53 Å². The van der Waals surface area contributed by atoms with Crippen LogP contribution in [0.1, 0.15) is 31.7 Å². The van der Waals surface area contributed by atoms with E-state index in [0.29, 0.717) is 13.1 Å². The monoisotopic (exact) mass is 317 g/mol. The van der Waals surface area contributed by atoms with Crippen LogP contribution in [0.25, 0.3) is 0 Å². The van der Waals surface area contributed by atoms with Crippen LogP contribution in [0.15, 0.2) is 24.3 Å². The number of likely N-dealkylation sites (tertiary alicyclic amines) is 1. The Morgan fingerprint density at radius 3 is 2.87 bits per heavy atom. The number of nitrogens with two attached hydrogens (primary N) is 1. The second kappa shape index (κ2) is 6.49. The lowest BCUT2D eigenvalue weighted by Gasteiger charge is -2.36. The number of amides is 1. The van der Waals surface area contributed by atoms with Crippen molar-refractivity contribution in [1.82, 2.24) is 9.80 Å². The molecule has 0 radical (unpaired) electrons. The van der Waals surface area contributed by atoms with E-state index < -0.39 is 6.04 Å². The lowest BCUT2D eigenvalue weighted by molar-refractivity contribution is -0.135. The first kappa shape index (κ1) is 16.3. The van der Waals surface area contributed by atoms with E-state index in [4.69, 9.17) is 10.5 Å². The normalized spacial score (nSPS) is 26.8. The van der Waals surface area contributed by atoms with Crippen LogP contribution < -0.4 is 10.5 Å². The molecule has 0 aromatic heterocycles. The molecule has 1 aromatic rings. The van der Waals surface area contributed by atoms with Gasteiger partial charge < -0.3 is 20.3 Å². The van der Waals surface area contributed by atoms with Crippen LogP contribution in [-0.2, 0) is 11.3 Å². The molecule has 5 heteroatoms. The Hall–Kier alpha value is -1.59. The van der Waals surface area contributed by atoms with Gasteiger partial charge in [0.2, 0.25) is 5.91 Å². The van der Waals surface area contributed by atoms with Crippen LogP contribution in [0.2, 0.25) is 0 Å². The topological polar surface area (TPSA) is 58.8 Å². The van der Waals surface area contributed by atoms with Crippen LogP contribution in [0, 0.1) is 0 Å². The van der Waals surface area contributed by atoms with E-state index in [9.17, 15) is 4.79 Å². The largest absolute Gasteiger partial charge is 0.485 e. The summed E-state index contributed by atoms with van der Waals surface area (Å²) in [4.78, 5) is 16.8. The van der Waals surface area contributed by atoms with Gasteiger partial charge in [0, 0.05) is 25.1 Å². The standard InChI is InChI=1S/C18H27N3O2/c1-14(19)17(22)21-12-15-6-3-4-7-16(15)23-18(13-21)8-5-10-20(2)11-9-18/h3-4,6-7,14H,5,8-13,19H2,1-2H3/t14-,18+/m1/s1. The minimum Gasteiger partial charge on any atom is -0.485 e. The molecule has 126 valence electrons. The highest BCUT2D eigenvalue weighted by Crippen LogP contribution is 2.35. The number of para-hydroxylation sites is 1. The number of ether oxygens (including phenoxy) is 1. The second-order valence-corrected chi connectivity index (χ2v) is 7.03. The molecule has 2 heterocycles. The molecule has 0 unspecified atom stereocenters. The Labute approximate surface area is 138 Å². The number of nitrogens with zero attached hydrogens (tertiary/aromatic N) is 2. The van der Waals surface area contributed by atoms with Gasteiger partial charge in [-0.2, -0.15) is 0 Å². The van der Waals surface area contributed by atoms with Gasteiger partial charge in [0.15, 0.2) is 0 Å². The van der Waals surface area contributed by atoms with Crippen LogP contribution >= 0.6 is 0 Å². The molecule has 1 amide bonds. The molecule has 3 rings (SSSR count). The maximum Gasteiger partial charge on any atom is 0.239 e. The average Bonchev–Trinajstić information content (AvgIpc) is 2.80. The Kier molecular flexibility index (Phi) is 4.60. The molecule has 2 aliphatic rings. The van der Waals surface area contributed by atoms with Gasteiger partial charge in [0.05, 0.1) is 12.6 Å². The first-order valence-corrected chi connectivity index (χ1v) is 8.49. The second-order valence-electron chi connectivity index (χ2n) is 7.03. The fraction of sp³-hybridized carbons (Fsp3) is 0.611. The predicted molar refractivity (Wildman–Crippen MR) is 90.2 cm³/mol. The molecule has 2 aliphatic heterocycles. The van der Waals surface area contributed by atoms with Crippen LogP contribution in [0.5, 0.6) is 5.75 Å². The Balaban J connectivity index is 1.95. The van der Waals surface area contributed by atoms with E-state index in [-0.39, 0.29) is 11.5 Å². The summed E-state index contributed by atoms with van der Waals surface area (Å²) in [5.41, 5.74) is 6.63. The van der Waals surface area contributed by atoms with E-state index in [1.165, 1.54) is 0 Å². The molecule has 1 spiro atoms. The quantitative estimate of drug-likeness (QED) is 0.855. The smallest absolute Gasteiger partial charge is 0.239 e. The Bertz CT molecular complexity index is 575. The van der Waals surface area contributed by atoms with Crippen molar-refractivity contribution >= 4 is 5.91 Å². The summed E-state index contributed by atoms with van der Waals surface area (Å²) >= 11 is 0. The zero-order valence-electron chi connectivity index (χ0n) is 14.1. The van der Waals surface area contributed by atoms with Gasteiger partial charge in [-0.15, -0.1) is 0 Å². The summed E-state index contributed by atoms with van der Waals surface area (Å²) in [5, 5.41) is 0. The van der Waals surface area contributed by atoms with Crippen LogP contribution in [0.3, 0.4) is 0 Å². The highest BCUT2D eigenvalue weighted by atomic mass is 16.5. The zero-order valence-corrected chi connectivity index (χ0v) is 14.1.